The van der Waals surface area contributed by atoms with E-state index in [2.05, 4.69) is 10.6 Å². The Labute approximate surface area is 122 Å². The van der Waals surface area contributed by atoms with Gasteiger partial charge in [-0.1, -0.05) is 0 Å². The Kier molecular flexibility index (Phi) is 5.67. The third-order valence-corrected chi connectivity index (χ3v) is 2.77. The molecule has 0 saturated carbocycles. The smallest absolute Gasteiger partial charge is 0.315 e. The summed E-state index contributed by atoms with van der Waals surface area (Å²) in [6.07, 6.45) is 0. The minimum atomic E-state index is -0.685. The van der Waals surface area contributed by atoms with Gasteiger partial charge in [-0.25, -0.2) is 9.18 Å². The zero-order chi connectivity index (χ0) is 16.0. The highest BCUT2D eigenvalue weighted by molar-refractivity contribution is 5.86. The highest BCUT2D eigenvalue weighted by Gasteiger charge is 2.17. The van der Waals surface area contributed by atoms with Crippen LogP contribution < -0.4 is 10.6 Å². The number of carbonyl (C=O) groups excluding carboxylic acids is 2. The van der Waals surface area contributed by atoms with Gasteiger partial charge in [-0.15, -0.1) is 0 Å². The van der Waals surface area contributed by atoms with Crippen LogP contribution in [0.25, 0.3) is 0 Å². The van der Waals surface area contributed by atoms with Crippen LogP contribution in [0.3, 0.4) is 0 Å². The molecule has 7 heteroatoms. The number of hydrogen-bond acceptors (Lipinski definition) is 3. The Hall–Kier alpha value is -2.62. The summed E-state index contributed by atoms with van der Waals surface area (Å²) in [5, 5.41) is 13.6. The Balaban J connectivity index is 2.58. The van der Waals surface area contributed by atoms with Crippen molar-refractivity contribution >= 4 is 11.9 Å². The van der Waals surface area contributed by atoms with Crippen LogP contribution in [0, 0.1) is 17.1 Å². The molecule has 0 radical (unpaired) electrons. The molecule has 0 spiro atoms. The number of nitrogens with one attached hydrogen (secondary N) is 2. The fourth-order valence-electron chi connectivity index (χ4n) is 1.65. The van der Waals surface area contributed by atoms with E-state index in [4.69, 9.17) is 5.26 Å². The minimum Gasteiger partial charge on any atom is -0.347 e. The molecule has 0 unspecified atom stereocenters. The highest BCUT2D eigenvalue weighted by atomic mass is 19.1. The van der Waals surface area contributed by atoms with E-state index in [9.17, 15) is 14.0 Å². The normalized spacial score (nSPS) is 11.2. The quantitative estimate of drug-likeness (QED) is 0.867. The van der Waals surface area contributed by atoms with E-state index in [-0.39, 0.29) is 18.0 Å². The third kappa shape index (κ3) is 4.76. The number of carbonyl (C=O) groups is 2. The van der Waals surface area contributed by atoms with Crippen molar-refractivity contribution in [3.8, 4) is 6.07 Å². The molecule has 6 nitrogen and oxygen atoms in total. The first-order chi connectivity index (χ1) is 9.85. The molecule has 3 amide bonds. The molecule has 2 N–H and O–H groups in total. The second-order valence-electron chi connectivity index (χ2n) is 4.70. The number of benzene rings is 1. The number of nitrogens with zero attached hydrogens (tertiary/aromatic N) is 2. The fraction of sp³-hybridized carbons (Fsp3) is 0.357. The molecule has 0 aliphatic carbocycles. The van der Waals surface area contributed by atoms with Gasteiger partial charge in [-0.3, -0.25) is 4.79 Å². The maximum absolute atomic E-state index is 13.5. The Morgan fingerprint density at radius 3 is 2.67 bits per heavy atom. The average Bonchev–Trinajstić information content (AvgIpc) is 2.45. The standard InChI is InChI=1S/C14H17FN4O2/c1-9(13(20)19(2)3)18-14(21)17-8-11-6-10(7-16)4-5-12(11)15/h4-6,9H,8H2,1-3H3,(H2,17,18,21)/t9-/m0/s1. The predicted octanol–water partition coefficient (Wildman–Crippen LogP) is 0.973. The van der Waals surface area contributed by atoms with Crippen molar-refractivity contribution in [2.75, 3.05) is 14.1 Å². The molecule has 1 rings (SSSR count). The summed E-state index contributed by atoms with van der Waals surface area (Å²) in [7, 11) is 3.17. The van der Waals surface area contributed by atoms with Gasteiger partial charge in [0.15, 0.2) is 0 Å². The van der Waals surface area contributed by atoms with E-state index >= 15 is 0 Å². The van der Waals surface area contributed by atoms with Crippen LogP contribution in [-0.4, -0.2) is 37.0 Å². The Bertz CT molecular complexity index is 581. The lowest BCUT2D eigenvalue weighted by atomic mass is 10.1. The highest BCUT2D eigenvalue weighted by Crippen LogP contribution is 2.09. The van der Waals surface area contributed by atoms with Crippen molar-refractivity contribution in [3.63, 3.8) is 0 Å². The monoisotopic (exact) mass is 292 g/mol. The van der Waals surface area contributed by atoms with Gasteiger partial charge in [0.25, 0.3) is 0 Å². The van der Waals surface area contributed by atoms with E-state index in [1.165, 1.54) is 23.1 Å². The molecule has 0 fully saturated rings. The zero-order valence-corrected chi connectivity index (χ0v) is 12.1. The van der Waals surface area contributed by atoms with Gasteiger partial charge in [-0.2, -0.15) is 5.26 Å². The van der Waals surface area contributed by atoms with Gasteiger partial charge in [0.1, 0.15) is 11.9 Å². The molecule has 1 aromatic rings. The van der Waals surface area contributed by atoms with Gasteiger partial charge < -0.3 is 15.5 Å². The van der Waals surface area contributed by atoms with Crippen molar-refractivity contribution in [2.45, 2.75) is 19.5 Å². The molecule has 0 heterocycles. The predicted molar refractivity (Wildman–Crippen MR) is 74.6 cm³/mol. The molecule has 112 valence electrons. The molecule has 0 aromatic heterocycles. The number of hydrogen-bond donors (Lipinski definition) is 2. The first-order valence-electron chi connectivity index (χ1n) is 6.29. The SMILES string of the molecule is C[C@H](NC(=O)NCc1cc(C#N)ccc1F)C(=O)N(C)C. The first-order valence-corrected chi connectivity index (χ1v) is 6.29. The minimum absolute atomic E-state index is 0.0734. The van der Waals surface area contributed by atoms with Gasteiger partial charge >= 0.3 is 6.03 Å². The van der Waals surface area contributed by atoms with Crippen LogP contribution >= 0.6 is 0 Å². The summed E-state index contributed by atoms with van der Waals surface area (Å²) < 4.78 is 13.5. The number of amides is 3. The maximum Gasteiger partial charge on any atom is 0.315 e. The fourth-order valence-corrected chi connectivity index (χ4v) is 1.65. The number of rotatable bonds is 4. The van der Waals surface area contributed by atoms with E-state index in [1.54, 1.807) is 21.0 Å². The second kappa shape index (κ2) is 7.24. The second-order valence-corrected chi connectivity index (χ2v) is 4.70. The maximum atomic E-state index is 13.5. The largest absolute Gasteiger partial charge is 0.347 e. The Morgan fingerprint density at radius 1 is 1.43 bits per heavy atom. The third-order valence-electron chi connectivity index (χ3n) is 2.77. The summed E-state index contributed by atoms with van der Waals surface area (Å²) in [6.45, 7) is 1.48. The zero-order valence-electron chi connectivity index (χ0n) is 12.1. The van der Waals surface area contributed by atoms with Crippen molar-refractivity contribution in [1.29, 1.82) is 5.26 Å². The molecule has 0 bridgehead atoms. The van der Waals surface area contributed by atoms with Crippen LogP contribution in [0.5, 0.6) is 0 Å². The molecule has 1 atom stereocenters. The van der Waals surface area contributed by atoms with Crippen LogP contribution in [0.2, 0.25) is 0 Å². The molecule has 1 aromatic carbocycles. The molecule has 0 aliphatic rings. The van der Waals surface area contributed by atoms with Crippen molar-refractivity contribution in [2.24, 2.45) is 0 Å². The van der Waals surface area contributed by atoms with Gasteiger partial charge in [0, 0.05) is 26.2 Å². The summed E-state index contributed by atoms with van der Waals surface area (Å²) in [5.74, 6) is -0.755. The first kappa shape index (κ1) is 16.4. The summed E-state index contributed by atoms with van der Waals surface area (Å²) in [5.41, 5.74) is 0.514. The van der Waals surface area contributed by atoms with Crippen molar-refractivity contribution in [3.05, 3.63) is 35.1 Å². The van der Waals surface area contributed by atoms with Crippen molar-refractivity contribution < 1.29 is 14.0 Å². The Morgan fingerprint density at radius 2 is 2.10 bits per heavy atom. The average molecular weight is 292 g/mol. The van der Waals surface area contributed by atoms with Crippen LogP contribution in [0.4, 0.5) is 9.18 Å². The molecule has 0 aliphatic heterocycles. The molecular formula is C14H17FN4O2. The molecule has 21 heavy (non-hydrogen) atoms. The van der Waals surface area contributed by atoms with Crippen LogP contribution in [0.1, 0.15) is 18.1 Å². The lowest BCUT2D eigenvalue weighted by Gasteiger charge is -2.18. The van der Waals surface area contributed by atoms with Gasteiger partial charge in [0.2, 0.25) is 5.91 Å². The van der Waals surface area contributed by atoms with Crippen LogP contribution in [0.15, 0.2) is 18.2 Å². The van der Waals surface area contributed by atoms with E-state index in [1.807, 2.05) is 6.07 Å². The lowest BCUT2D eigenvalue weighted by molar-refractivity contribution is -0.130. The van der Waals surface area contributed by atoms with E-state index in [0.717, 1.165) is 0 Å². The summed E-state index contributed by atoms with van der Waals surface area (Å²) in [4.78, 5) is 24.6. The van der Waals surface area contributed by atoms with Gasteiger partial charge in [0.05, 0.1) is 11.6 Å². The summed E-state index contributed by atoms with van der Waals surface area (Å²) >= 11 is 0. The molecular weight excluding hydrogens is 275 g/mol. The number of likely N-dealkylation sites (N-methyl/N-ethyl adjacent to an activating group) is 1. The number of urea groups is 1. The number of halogens is 1. The van der Waals surface area contributed by atoms with E-state index in [0.29, 0.717) is 5.56 Å². The lowest BCUT2D eigenvalue weighted by Crippen LogP contribution is -2.47. The van der Waals surface area contributed by atoms with Crippen molar-refractivity contribution in [1.82, 2.24) is 15.5 Å². The van der Waals surface area contributed by atoms with E-state index < -0.39 is 17.9 Å². The topological polar surface area (TPSA) is 85.2 Å². The van der Waals surface area contributed by atoms with Crippen LogP contribution in [-0.2, 0) is 11.3 Å². The molecule has 0 saturated heterocycles. The summed E-state index contributed by atoms with van der Waals surface area (Å²) in [6, 6.07) is 4.52. The number of nitriles is 1. The van der Waals surface area contributed by atoms with Gasteiger partial charge in [-0.05, 0) is 25.1 Å².